The van der Waals surface area contributed by atoms with Gasteiger partial charge in [0.25, 0.3) is 17.6 Å². The maximum Gasteiger partial charge on any atom is 0.294 e. The molecule has 7 heteroatoms. The van der Waals surface area contributed by atoms with E-state index < -0.39 is 17.6 Å². The van der Waals surface area contributed by atoms with Crippen LogP contribution in [0.4, 0.5) is 10.1 Å². The normalized spacial score (nSPS) is 12.4. The first-order chi connectivity index (χ1) is 14.3. The first-order valence-electron chi connectivity index (χ1n) is 10.4. The van der Waals surface area contributed by atoms with Crippen molar-refractivity contribution in [2.45, 2.75) is 60.9 Å². The van der Waals surface area contributed by atoms with Crippen LogP contribution < -0.4 is 10.6 Å². The molecule has 0 fully saturated rings. The standard InChI is InChI=1S/C24H32FN3O3/c1-9-18(24(5,6)7)27-23(31)21(29)20-14(3)19(15(4)28(20)8)22(30)26-16-10-11-17(25)13(2)12-16/h10-12,18H,9H2,1-8H3,(H,26,30)(H,27,31)/t18-/m0/s1. The minimum atomic E-state index is -0.688. The molecule has 1 atom stereocenters. The van der Waals surface area contributed by atoms with E-state index in [1.165, 1.54) is 18.2 Å². The van der Waals surface area contributed by atoms with Crippen LogP contribution in [0.5, 0.6) is 0 Å². The van der Waals surface area contributed by atoms with Gasteiger partial charge in [0.15, 0.2) is 0 Å². The predicted octanol–water partition coefficient (Wildman–Crippen LogP) is 4.47. The molecular formula is C24H32FN3O3. The van der Waals surface area contributed by atoms with Gasteiger partial charge in [-0.05, 0) is 61.9 Å². The second kappa shape index (κ2) is 9.04. The third-order valence-electron chi connectivity index (χ3n) is 5.75. The van der Waals surface area contributed by atoms with Crippen LogP contribution in [0.2, 0.25) is 0 Å². The summed E-state index contributed by atoms with van der Waals surface area (Å²) < 4.78 is 15.1. The van der Waals surface area contributed by atoms with Crippen LogP contribution in [0.1, 0.15) is 71.8 Å². The Bertz CT molecular complexity index is 1030. The highest BCUT2D eigenvalue weighted by molar-refractivity contribution is 6.43. The lowest BCUT2D eigenvalue weighted by Crippen LogP contribution is -2.46. The number of carbonyl (C=O) groups is 3. The first-order valence-corrected chi connectivity index (χ1v) is 10.4. The fourth-order valence-electron chi connectivity index (χ4n) is 3.81. The van der Waals surface area contributed by atoms with E-state index in [-0.39, 0.29) is 23.0 Å². The van der Waals surface area contributed by atoms with Gasteiger partial charge >= 0.3 is 0 Å². The van der Waals surface area contributed by atoms with Crippen LogP contribution in [0.25, 0.3) is 0 Å². The van der Waals surface area contributed by atoms with Gasteiger partial charge in [0, 0.05) is 24.5 Å². The largest absolute Gasteiger partial charge is 0.346 e. The zero-order valence-corrected chi connectivity index (χ0v) is 19.6. The fraction of sp³-hybridized carbons (Fsp3) is 0.458. The average molecular weight is 430 g/mol. The van der Waals surface area contributed by atoms with E-state index in [4.69, 9.17) is 0 Å². The van der Waals surface area contributed by atoms with Crippen molar-refractivity contribution in [1.29, 1.82) is 0 Å². The highest BCUT2D eigenvalue weighted by atomic mass is 19.1. The van der Waals surface area contributed by atoms with Crippen molar-refractivity contribution < 1.29 is 18.8 Å². The molecule has 2 N–H and O–H groups in total. The monoisotopic (exact) mass is 429 g/mol. The molecule has 2 aromatic rings. The van der Waals surface area contributed by atoms with Gasteiger partial charge in [0.05, 0.1) is 11.3 Å². The van der Waals surface area contributed by atoms with Crippen molar-refractivity contribution >= 4 is 23.3 Å². The number of ketones is 1. The Hall–Kier alpha value is -2.96. The van der Waals surface area contributed by atoms with E-state index in [2.05, 4.69) is 10.6 Å². The van der Waals surface area contributed by atoms with Crippen LogP contribution in [-0.4, -0.2) is 28.2 Å². The molecule has 0 saturated carbocycles. The summed E-state index contributed by atoms with van der Waals surface area (Å²) >= 11 is 0. The molecule has 2 amide bonds. The third-order valence-corrected chi connectivity index (χ3v) is 5.75. The van der Waals surface area contributed by atoms with Gasteiger partial charge in [0.2, 0.25) is 0 Å². The Labute approximate surface area is 183 Å². The van der Waals surface area contributed by atoms with Crippen molar-refractivity contribution in [3.63, 3.8) is 0 Å². The highest BCUT2D eigenvalue weighted by Crippen LogP contribution is 2.25. The van der Waals surface area contributed by atoms with Crippen LogP contribution in [0.15, 0.2) is 18.2 Å². The topological polar surface area (TPSA) is 80.2 Å². The number of halogens is 1. The molecule has 1 aromatic carbocycles. The predicted molar refractivity (Wildman–Crippen MR) is 120 cm³/mol. The number of aryl methyl sites for hydroxylation is 1. The number of nitrogens with zero attached hydrogens (tertiary/aromatic N) is 1. The van der Waals surface area contributed by atoms with Crippen LogP contribution in [0, 0.1) is 32.0 Å². The summed E-state index contributed by atoms with van der Waals surface area (Å²) in [5.41, 5.74) is 2.17. The molecule has 2 rings (SSSR count). The van der Waals surface area contributed by atoms with Gasteiger partial charge in [0.1, 0.15) is 5.82 Å². The Morgan fingerprint density at radius 1 is 1.13 bits per heavy atom. The molecule has 1 heterocycles. The molecule has 168 valence electrons. The third kappa shape index (κ3) is 5.03. The summed E-state index contributed by atoms with van der Waals surface area (Å²) in [6, 6.07) is 4.15. The van der Waals surface area contributed by atoms with Crippen LogP contribution in [0.3, 0.4) is 0 Å². The summed E-state index contributed by atoms with van der Waals surface area (Å²) in [5, 5.41) is 5.58. The second-order valence-electron chi connectivity index (χ2n) is 9.04. The molecule has 0 saturated heterocycles. The second-order valence-corrected chi connectivity index (χ2v) is 9.04. The Morgan fingerprint density at radius 3 is 2.26 bits per heavy atom. The molecule has 0 radical (unpaired) electrons. The quantitative estimate of drug-likeness (QED) is 0.525. The molecule has 0 aliphatic heterocycles. The number of nitrogens with one attached hydrogen (secondary N) is 2. The number of hydrogen-bond acceptors (Lipinski definition) is 3. The Balaban J connectivity index is 2.34. The smallest absolute Gasteiger partial charge is 0.294 e. The van der Waals surface area contributed by atoms with Crippen LogP contribution >= 0.6 is 0 Å². The lowest BCUT2D eigenvalue weighted by molar-refractivity contribution is -0.118. The van der Waals surface area contributed by atoms with Crippen molar-refractivity contribution in [2.24, 2.45) is 12.5 Å². The highest BCUT2D eigenvalue weighted by Gasteiger charge is 2.31. The summed E-state index contributed by atoms with van der Waals surface area (Å²) in [4.78, 5) is 38.6. The number of aromatic nitrogens is 1. The number of amides is 2. The van der Waals surface area contributed by atoms with E-state index in [1.54, 1.807) is 32.4 Å². The molecule has 1 aromatic heterocycles. The zero-order chi connectivity index (χ0) is 23.7. The minimum Gasteiger partial charge on any atom is -0.346 e. The number of anilines is 1. The molecule has 6 nitrogen and oxygen atoms in total. The van der Waals surface area contributed by atoms with E-state index in [0.717, 1.165) is 0 Å². The van der Waals surface area contributed by atoms with E-state index in [9.17, 15) is 18.8 Å². The molecule has 0 aliphatic carbocycles. The number of carbonyl (C=O) groups excluding carboxylic acids is 3. The molecule has 0 bridgehead atoms. The van der Waals surface area contributed by atoms with Crippen molar-refractivity contribution in [2.75, 3.05) is 5.32 Å². The van der Waals surface area contributed by atoms with E-state index in [1.807, 2.05) is 27.7 Å². The van der Waals surface area contributed by atoms with Gasteiger partial charge in [-0.1, -0.05) is 27.7 Å². The Morgan fingerprint density at radius 2 is 1.74 bits per heavy atom. The van der Waals surface area contributed by atoms with Crippen molar-refractivity contribution in [3.05, 3.63) is 52.1 Å². The molecule has 0 aliphatic rings. The fourth-order valence-corrected chi connectivity index (χ4v) is 3.81. The number of benzene rings is 1. The molecular weight excluding hydrogens is 397 g/mol. The summed E-state index contributed by atoms with van der Waals surface area (Å²) in [6.45, 7) is 12.9. The maximum atomic E-state index is 13.5. The van der Waals surface area contributed by atoms with E-state index in [0.29, 0.717) is 34.5 Å². The van der Waals surface area contributed by atoms with Gasteiger partial charge in [-0.2, -0.15) is 0 Å². The van der Waals surface area contributed by atoms with Gasteiger partial charge in [-0.15, -0.1) is 0 Å². The lowest BCUT2D eigenvalue weighted by atomic mass is 9.85. The maximum absolute atomic E-state index is 13.5. The molecule has 31 heavy (non-hydrogen) atoms. The zero-order valence-electron chi connectivity index (χ0n) is 19.6. The van der Waals surface area contributed by atoms with E-state index >= 15 is 0 Å². The first kappa shape index (κ1) is 24.3. The SMILES string of the molecule is CC[C@H](NC(=O)C(=O)c1c(C)c(C(=O)Nc2ccc(F)c(C)c2)c(C)n1C)C(C)(C)C. The van der Waals surface area contributed by atoms with Gasteiger partial charge in [-0.25, -0.2) is 4.39 Å². The summed E-state index contributed by atoms with van der Waals surface area (Å²) in [6.07, 6.45) is 0.693. The molecule has 0 unspecified atom stereocenters. The van der Waals surface area contributed by atoms with Gasteiger partial charge < -0.3 is 15.2 Å². The Kier molecular flexibility index (Phi) is 7.09. The lowest BCUT2D eigenvalue weighted by Gasteiger charge is -2.30. The number of rotatable bonds is 6. The molecule has 0 spiro atoms. The van der Waals surface area contributed by atoms with Gasteiger partial charge in [-0.3, -0.25) is 14.4 Å². The van der Waals surface area contributed by atoms with Crippen molar-refractivity contribution in [1.82, 2.24) is 9.88 Å². The summed E-state index contributed by atoms with van der Waals surface area (Å²) in [5.74, 6) is -2.14. The van der Waals surface area contributed by atoms with Crippen LogP contribution in [-0.2, 0) is 11.8 Å². The average Bonchev–Trinajstić information content (AvgIpc) is 2.89. The minimum absolute atomic E-state index is 0.157. The summed E-state index contributed by atoms with van der Waals surface area (Å²) in [7, 11) is 1.66. The number of hydrogen-bond donors (Lipinski definition) is 2. The number of Topliss-reactive ketones (excluding diaryl/α,β-unsaturated/α-hetero) is 1. The van der Waals surface area contributed by atoms with Crippen molar-refractivity contribution in [3.8, 4) is 0 Å².